The van der Waals surface area contributed by atoms with Crippen molar-refractivity contribution in [2.75, 3.05) is 11.9 Å². The Hall–Kier alpha value is -1.85. The predicted molar refractivity (Wildman–Crippen MR) is 72.5 cm³/mol. The van der Waals surface area contributed by atoms with E-state index in [0.29, 0.717) is 24.8 Å². The molecular weight excluding hydrogens is 246 g/mol. The molecule has 0 fully saturated rings. The molecule has 0 aliphatic rings. The normalized spacial score (nSPS) is 10.5. The van der Waals surface area contributed by atoms with Crippen LogP contribution in [0, 0.1) is 6.92 Å². The van der Waals surface area contributed by atoms with Crippen LogP contribution in [-0.2, 0) is 4.79 Å². The van der Waals surface area contributed by atoms with Gasteiger partial charge in [0.25, 0.3) is 0 Å². The van der Waals surface area contributed by atoms with Gasteiger partial charge in [0, 0.05) is 24.7 Å². The lowest BCUT2D eigenvalue weighted by Crippen LogP contribution is -2.11. The molecule has 6 nitrogen and oxygen atoms in total. The standard InChI is InChI=1S/C13H21N3O3/c1-9(2)19-11-8-10(3)15-13(16-11)14-7-5-4-6-12(17)18/h8-9H,4-7H2,1-3H3,(H,17,18)(H,14,15,16). The number of aromatic nitrogens is 2. The lowest BCUT2D eigenvalue weighted by Gasteiger charge is -2.11. The van der Waals surface area contributed by atoms with Crippen LogP contribution in [-0.4, -0.2) is 33.7 Å². The molecule has 0 spiro atoms. The lowest BCUT2D eigenvalue weighted by molar-refractivity contribution is -0.137. The molecule has 0 atom stereocenters. The van der Waals surface area contributed by atoms with Crippen molar-refractivity contribution < 1.29 is 14.6 Å². The molecule has 1 aromatic heterocycles. The van der Waals surface area contributed by atoms with Gasteiger partial charge < -0.3 is 15.2 Å². The summed E-state index contributed by atoms with van der Waals surface area (Å²) in [5.74, 6) is 0.306. The Morgan fingerprint density at radius 3 is 2.79 bits per heavy atom. The third kappa shape index (κ3) is 6.59. The zero-order chi connectivity index (χ0) is 14.3. The quantitative estimate of drug-likeness (QED) is 0.703. The summed E-state index contributed by atoms with van der Waals surface area (Å²) in [6, 6.07) is 1.79. The number of carboxylic acids is 1. The Balaban J connectivity index is 2.44. The predicted octanol–water partition coefficient (Wildman–Crippen LogP) is 2.24. The van der Waals surface area contributed by atoms with Crippen LogP contribution in [0.25, 0.3) is 0 Å². The highest BCUT2D eigenvalue weighted by atomic mass is 16.5. The monoisotopic (exact) mass is 267 g/mol. The molecule has 19 heavy (non-hydrogen) atoms. The minimum atomic E-state index is -0.764. The van der Waals surface area contributed by atoms with Crippen LogP contribution < -0.4 is 10.1 Å². The van der Waals surface area contributed by atoms with Crippen molar-refractivity contribution in [3.05, 3.63) is 11.8 Å². The zero-order valence-electron chi connectivity index (χ0n) is 11.6. The maximum atomic E-state index is 10.4. The molecule has 1 heterocycles. The molecule has 1 rings (SSSR count). The van der Waals surface area contributed by atoms with Crippen LogP contribution in [0.3, 0.4) is 0 Å². The van der Waals surface area contributed by atoms with Gasteiger partial charge in [-0.15, -0.1) is 0 Å². The van der Waals surface area contributed by atoms with Gasteiger partial charge in [-0.2, -0.15) is 4.98 Å². The van der Waals surface area contributed by atoms with Gasteiger partial charge in [0.15, 0.2) is 0 Å². The first-order chi connectivity index (χ1) is 8.97. The second-order valence-corrected chi connectivity index (χ2v) is 4.62. The first-order valence-electron chi connectivity index (χ1n) is 6.45. The number of carbonyl (C=O) groups is 1. The molecule has 0 saturated heterocycles. The summed E-state index contributed by atoms with van der Waals surface area (Å²) < 4.78 is 5.53. The van der Waals surface area contributed by atoms with Crippen molar-refractivity contribution in [2.45, 2.75) is 46.1 Å². The Morgan fingerprint density at radius 2 is 2.16 bits per heavy atom. The fourth-order valence-corrected chi connectivity index (χ4v) is 1.52. The van der Waals surface area contributed by atoms with E-state index in [0.717, 1.165) is 12.1 Å². The van der Waals surface area contributed by atoms with Gasteiger partial charge in [-0.05, 0) is 33.6 Å². The third-order valence-corrected chi connectivity index (χ3v) is 2.29. The molecule has 106 valence electrons. The van der Waals surface area contributed by atoms with E-state index in [9.17, 15) is 4.79 Å². The van der Waals surface area contributed by atoms with E-state index in [4.69, 9.17) is 9.84 Å². The smallest absolute Gasteiger partial charge is 0.303 e. The van der Waals surface area contributed by atoms with Crippen LogP contribution in [0.15, 0.2) is 6.07 Å². The number of hydrogen-bond acceptors (Lipinski definition) is 5. The van der Waals surface area contributed by atoms with E-state index in [-0.39, 0.29) is 12.5 Å². The Labute approximate surface area is 113 Å². The van der Waals surface area contributed by atoms with Crippen LogP contribution >= 0.6 is 0 Å². The molecule has 0 aromatic carbocycles. The summed E-state index contributed by atoms with van der Waals surface area (Å²) in [7, 11) is 0. The number of anilines is 1. The molecule has 0 unspecified atom stereocenters. The van der Waals surface area contributed by atoms with Crippen molar-refractivity contribution in [1.29, 1.82) is 0 Å². The molecule has 0 bridgehead atoms. The Morgan fingerprint density at radius 1 is 1.42 bits per heavy atom. The Kier molecular flexibility index (Phi) is 6.05. The van der Waals surface area contributed by atoms with E-state index in [1.54, 1.807) is 6.07 Å². The van der Waals surface area contributed by atoms with Gasteiger partial charge in [-0.1, -0.05) is 0 Å². The van der Waals surface area contributed by atoms with Crippen LogP contribution in [0.5, 0.6) is 5.88 Å². The van der Waals surface area contributed by atoms with Gasteiger partial charge in [0.1, 0.15) is 0 Å². The van der Waals surface area contributed by atoms with Crippen LogP contribution in [0.2, 0.25) is 0 Å². The molecule has 2 N–H and O–H groups in total. The van der Waals surface area contributed by atoms with Gasteiger partial charge in [-0.25, -0.2) is 4.98 Å². The summed E-state index contributed by atoms with van der Waals surface area (Å²) >= 11 is 0. The number of nitrogens with one attached hydrogen (secondary N) is 1. The first kappa shape index (κ1) is 15.2. The summed E-state index contributed by atoms with van der Waals surface area (Å²) in [5, 5.41) is 11.6. The van der Waals surface area contributed by atoms with Crippen molar-refractivity contribution in [1.82, 2.24) is 9.97 Å². The molecule has 1 aromatic rings. The van der Waals surface area contributed by atoms with Crippen molar-refractivity contribution >= 4 is 11.9 Å². The average Bonchev–Trinajstić information content (AvgIpc) is 2.26. The number of rotatable bonds is 8. The maximum absolute atomic E-state index is 10.4. The summed E-state index contributed by atoms with van der Waals surface area (Å²) in [5.41, 5.74) is 0.832. The lowest BCUT2D eigenvalue weighted by atomic mass is 10.2. The number of aliphatic carboxylic acids is 1. The van der Waals surface area contributed by atoms with Crippen LogP contribution in [0.1, 0.15) is 38.8 Å². The number of ether oxygens (including phenoxy) is 1. The summed E-state index contributed by atoms with van der Waals surface area (Å²) in [6.07, 6.45) is 1.67. The van der Waals surface area contributed by atoms with E-state index in [1.165, 1.54) is 0 Å². The maximum Gasteiger partial charge on any atom is 0.303 e. The minimum Gasteiger partial charge on any atom is -0.481 e. The molecule has 0 saturated carbocycles. The topological polar surface area (TPSA) is 84.3 Å². The number of carboxylic acid groups (broad SMARTS) is 1. The van der Waals surface area contributed by atoms with E-state index < -0.39 is 5.97 Å². The van der Waals surface area contributed by atoms with Crippen LogP contribution in [0.4, 0.5) is 5.95 Å². The second kappa shape index (κ2) is 7.56. The van der Waals surface area contributed by atoms with E-state index in [2.05, 4.69) is 15.3 Å². The fraction of sp³-hybridized carbons (Fsp3) is 0.615. The molecule has 0 aliphatic carbocycles. The molecular formula is C13H21N3O3. The third-order valence-electron chi connectivity index (χ3n) is 2.29. The van der Waals surface area contributed by atoms with E-state index in [1.807, 2.05) is 20.8 Å². The number of nitrogens with zero attached hydrogens (tertiary/aromatic N) is 2. The minimum absolute atomic E-state index is 0.0673. The SMILES string of the molecule is Cc1cc(OC(C)C)nc(NCCCCC(=O)O)n1. The highest BCUT2D eigenvalue weighted by Gasteiger charge is 2.04. The molecule has 6 heteroatoms. The fourth-order valence-electron chi connectivity index (χ4n) is 1.52. The van der Waals surface area contributed by atoms with Gasteiger partial charge in [0.05, 0.1) is 6.10 Å². The van der Waals surface area contributed by atoms with Crippen molar-refractivity contribution in [3.8, 4) is 5.88 Å². The Bertz CT molecular complexity index is 422. The van der Waals surface area contributed by atoms with Gasteiger partial charge >= 0.3 is 5.97 Å². The average molecular weight is 267 g/mol. The highest BCUT2D eigenvalue weighted by Crippen LogP contribution is 2.13. The number of hydrogen-bond donors (Lipinski definition) is 2. The number of unbranched alkanes of at least 4 members (excludes halogenated alkanes) is 1. The van der Waals surface area contributed by atoms with Crippen molar-refractivity contribution in [2.24, 2.45) is 0 Å². The summed E-state index contributed by atoms with van der Waals surface area (Å²) in [4.78, 5) is 18.9. The molecule has 0 radical (unpaired) electrons. The van der Waals surface area contributed by atoms with Gasteiger partial charge in [-0.3, -0.25) is 4.79 Å². The largest absolute Gasteiger partial charge is 0.481 e. The second-order valence-electron chi connectivity index (χ2n) is 4.62. The zero-order valence-corrected chi connectivity index (χ0v) is 11.6. The highest BCUT2D eigenvalue weighted by molar-refractivity contribution is 5.66. The summed E-state index contributed by atoms with van der Waals surface area (Å²) in [6.45, 7) is 6.41. The molecule has 0 amide bonds. The van der Waals surface area contributed by atoms with Crippen molar-refractivity contribution in [3.63, 3.8) is 0 Å². The first-order valence-corrected chi connectivity index (χ1v) is 6.45. The van der Waals surface area contributed by atoms with Gasteiger partial charge in [0.2, 0.25) is 11.8 Å². The van der Waals surface area contributed by atoms with E-state index >= 15 is 0 Å². The molecule has 0 aliphatic heterocycles. The number of aryl methyl sites for hydroxylation is 1.